The number of piperidine rings is 1. The van der Waals surface area contributed by atoms with Gasteiger partial charge in [-0.05, 0) is 92.4 Å². The second-order valence-corrected chi connectivity index (χ2v) is 12.4. The molecule has 13 heteroatoms. The van der Waals surface area contributed by atoms with Crippen molar-refractivity contribution in [2.45, 2.75) is 38.9 Å². The van der Waals surface area contributed by atoms with Gasteiger partial charge in [0.05, 0.1) is 16.9 Å². The number of aldehydes is 1. The first kappa shape index (κ1) is 37.7. The monoisotopic (exact) mass is 714 g/mol. The number of amides is 3. The number of halogens is 3. The van der Waals surface area contributed by atoms with Gasteiger partial charge in [0, 0.05) is 80.0 Å². The molecule has 3 amide bonds. The summed E-state index contributed by atoms with van der Waals surface area (Å²) in [7, 11) is 0. The Balaban J connectivity index is 0.00000168. The maximum Gasteiger partial charge on any atom is 0.416 e. The number of nitrogens with zero attached hydrogens (tertiary/aromatic N) is 3. The third kappa shape index (κ3) is 9.81. The van der Waals surface area contributed by atoms with Crippen LogP contribution in [0.5, 0.6) is 0 Å². The molecule has 0 atom stereocenters. The van der Waals surface area contributed by atoms with Crippen LogP contribution in [0.15, 0.2) is 85.1 Å². The van der Waals surface area contributed by atoms with Crippen LogP contribution >= 0.6 is 0 Å². The molecule has 2 saturated heterocycles. The van der Waals surface area contributed by atoms with Gasteiger partial charge in [-0.2, -0.15) is 13.2 Å². The van der Waals surface area contributed by atoms with E-state index in [-0.39, 0.29) is 18.0 Å². The maximum absolute atomic E-state index is 13.6. The minimum Gasteiger partial charge on any atom is -0.372 e. The lowest BCUT2D eigenvalue weighted by atomic mass is 10.0. The molecule has 0 saturated carbocycles. The zero-order valence-corrected chi connectivity index (χ0v) is 28.8. The molecule has 4 aromatic rings. The van der Waals surface area contributed by atoms with Crippen LogP contribution in [0.3, 0.4) is 0 Å². The van der Waals surface area contributed by atoms with Gasteiger partial charge >= 0.3 is 6.18 Å². The van der Waals surface area contributed by atoms with E-state index >= 15 is 0 Å². The van der Waals surface area contributed by atoms with Crippen molar-refractivity contribution in [3.05, 3.63) is 113 Å². The highest BCUT2D eigenvalue weighted by atomic mass is 19.4. The number of anilines is 2. The van der Waals surface area contributed by atoms with E-state index in [1.54, 1.807) is 35.2 Å². The van der Waals surface area contributed by atoms with Gasteiger partial charge in [-0.25, -0.2) is 0 Å². The van der Waals surface area contributed by atoms with Gasteiger partial charge in [0.25, 0.3) is 17.7 Å². The number of alkyl halides is 3. The Morgan fingerprint density at radius 3 is 2.25 bits per heavy atom. The van der Waals surface area contributed by atoms with E-state index in [0.29, 0.717) is 46.7 Å². The van der Waals surface area contributed by atoms with Crippen molar-refractivity contribution in [3.8, 4) is 11.3 Å². The maximum atomic E-state index is 13.6. The Morgan fingerprint density at radius 2 is 1.52 bits per heavy atom. The van der Waals surface area contributed by atoms with E-state index in [1.807, 2.05) is 18.2 Å². The fraction of sp³-hybridized carbons (Fsp3) is 0.308. The summed E-state index contributed by atoms with van der Waals surface area (Å²) in [4.78, 5) is 57.3. The number of carbonyl (C=O) groups excluding carboxylic acids is 4. The zero-order valence-electron chi connectivity index (χ0n) is 28.8. The molecule has 0 radical (unpaired) electrons. The Bertz CT molecular complexity index is 1890. The summed E-state index contributed by atoms with van der Waals surface area (Å²) in [6.45, 7) is 5.76. The van der Waals surface area contributed by atoms with E-state index < -0.39 is 23.6 Å². The number of benzene rings is 3. The van der Waals surface area contributed by atoms with Gasteiger partial charge in [0.15, 0.2) is 0 Å². The molecule has 3 aromatic carbocycles. The highest BCUT2D eigenvalue weighted by molar-refractivity contribution is 6.08. The van der Waals surface area contributed by atoms with E-state index in [0.717, 1.165) is 69.5 Å². The average molecular weight is 715 g/mol. The smallest absolute Gasteiger partial charge is 0.372 e. The third-order valence-corrected chi connectivity index (χ3v) is 8.75. The van der Waals surface area contributed by atoms with Crippen molar-refractivity contribution in [2.24, 2.45) is 0 Å². The van der Waals surface area contributed by atoms with Crippen LogP contribution in [0.2, 0.25) is 0 Å². The summed E-state index contributed by atoms with van der Waals surface area (Å²) in [5, 5.41) is 8.91. The quantitative estimate of drug-likeness (QED) is 0.186. The fourth-order valence-corrected chi connectivity index (χ4v) is 6.10. The molecule has 2 fully saturated rings. The lowest BCUT2D eigenvalue weighted by Crippen LogP contribution is -2.46. The molecule has 0 unspecified atom stereocenters. The Labute approximate surface area is 300 Å². The Morgan fingerprint density at radius 1 is 0.827 bits per heavy atom. The number of rotatable bonds is 8. The number of piperazine rings is 1. The molecule has 6 rings (SSSR count). The Kier molecular flexibility index (Phi) is 12.7. The molecule has 52 heavy (non-hydrogen) atoms. The summed E-state index contributed by atoms with van der Waals surface area (Å²) in [6, 6.07) is 20.3. The van der Waals surface area contributed by atoms with Crippen molar-refractivity contribution in [1.29, 1.82) is 0 Å². The van der Waals surface area contributed by atoms with Gasteiger partial charge in [-0.3, -0.25) is 19.4 Å². The van der Waals surface area contributed by atoms with Gasteiger partial charge < -0.3 is 30.5 Å². The predicted octanol–water partition coefficient (Wildman–Crippen LogP) is 6.19. The lowest BCUT2D eigenvalue weighted by Gasteiger charge is -2.29. The number of aromatic nitrogens is 1. The third-order valence-electron chi connectivity index (χ3n) is 8.75. The number of carbonyl (C=O) groups is 4. The summed E-state index contributed by atoms with van der Waals surface area (Å²) < 4.78 is 39.5. The number of nitrogens with one attached hydrogen (secondary N) is 3. The Hall–Kier alpha value is -5.56. The van der Waals surface area contributed by atoms with E-state index in [9.17, 15) is 27.6 Å². The molecule has 2 aliphatic heterocycles. The van der Waals surface area contributed by atoms with Crippen molar-refractivity contribution in [2.75, 3.05) is 49.5 Å². The van der Waals surface area contributed by atoms with Crippen LogP contribution in [0.4, 0.5) is 24.5 Å². The van der Waals surface area contributed by atoms with E-state index in [2.05, 4.69) is 25.8 Å². The van der Waals surface area contributed by atoms with Gasteiger partial charge in [0.2, 0.25) is 0 Å². The van der Waals surface area contributed by atoms with Crippen LogP contribution < -0.4 is 20.9 Å². The van der Waals surface area contributed by atoms with E-state index in [1.165, 1.54) is 31.3 Å². The minimum atomic E-state index is -4.49. The zero-order chi connectivity index (χ0) is 37.1. The molecule has 272 valence electrons. The summed E-state index contributed by atoms with van der Waals surface area (Å²) in [5.41, 5.74) is 3.00. The molecule has 3 heterocycles. The normalized spacial score (nSPS) is 14.5. The highest BCUT2D eigenvalue weighted by Crippen LogP contribution is 2.33. The van der Waals surface area contributed by atoms with Crippen LogP contribution in [0.25, 0.3) is 11.3 Å². The average Bonchev–Trinajstić information content (AvgIpc) is 3.17. The second-order valence-electron chi connectivity index (χ2n) is 12.4. The molecule has 3 N–H and O–H groups in total. The SMILES string of the molecule is CC=O.O=C(NCc1cccc(C(F)(F)F)c1)c1ccnc(-c2cc(N3CCCCC3)ccc2NC(=O)c2cccc(C(=O)N3CCNCC3)c2)c1. The molecule has 0 aliphatic carbocycles. The minimum absolute atomic E-state index is 0.0949. The fourth-order valence-electron chi connectivity index (χ4n) is 6.10. The summed E-state index contributed by atoms with van der Waals surface area (Å²) >= 11 is 0. The van der Waals surface area contributed by atoms with Crippen LogP contribution in [-0.4, -0.2) is 73.2 Å². The molecule has 0 bridgehead atoms. The molecule has 10 nitrogen and oxygen atoms in total. The first-order valence-corrected chi connectivity index (χ1v) is 17.2. The van der Waals surface area contributed by atoms with Gasteiger partial charge in [-0.15, -0.1) is 0 Å². The predicted molar refractivity (Wildman–Crippen MR) is 193 cm³/mol. The topological polar surface area (TPSA) is 124 Å². The lowest BCUT2D eigenvalue weighted by molar-refractivity contribution is -0.137. The largest absolute Gasteiger partial charge is 0.416 e. The van der Waals surface area contributed by atoms with Crippen LogP contribution in [-0.2, 0) is 17.5 Å². The number of hydrogen-bond donors (Lipinski definition) is 3. The van der Waals surface area contributed by atoms with E-state index in [4.69, 9.17) is 4.79 Å². The summed E-state index contributed by atoms with van der Waals surface area (Å²) in [6.07, 6.45) is 1.04. The number of pyridine rings is 1. The van der Waals surface area contributed by atoms with Gasteiger partial charge in [-0.1, -0.05) is 18.2 Å². The van der Waals surface area contributed by atoms with Crippen molar-refractivity contribution < 1.29 is 32.3 Å². The molecule has 0 spiro atoms. The summed E-state index contributed by atoms with van der Waals surface area (Å²) in [5.74, 6) is -1.02. The molecular weight excluding hydrogens is 673 g/mol. The van der Waals surface area contributed by atoms with Crippen molar-refractivity contribution >= 4 is 35.4 Å². The highest BCUT2D eigenvalue weighted by Gasteiger charge is 2.30. The molecular formula is C39H41F3N6O4. The van der Waals surface area contributed by atoms with Crippen molar-refractivity contribution in [3.63, 3.8) is 0 Å². The van der Waals surface area contributed by atoms with Crippen LogP contribution in [0.1, 0.15) is 68.4 Å². The first-order valence-electron chi connectivity index (χ1n) is 17.2. The molecule has 1 aromatic heterocycles. The van der Waals surface area contributed by atoms with Gasteiger partial charge in [0.1, 0.15) is 6.29 Å². The first-order chi connectivity index (χ1) is 25.1. The van der Waals surface area contributed by atoms with Crippen molar-refractivity contribution in [1.82, 2.24) is 20.5 Å². The number of hydrogen-bond acceptors (Lipinski definition) is 7. The van der Waals surface area contributed by atoms with Crippen LogP contribution in [0, 0.1) is 0 Å². The second kappa shape index (κ2) is 17.6. The molecule has 2 aliphatic rings. The standard InChI is InChI=1S/C37H37F3N6O3.C2H4O/c38-37(39,40)29-9-4-6-25(20-29)24-43-34(47)27-12-13-42-33(22-27)31-23-30(45-16-2-1-3-17-45)10-11-32(31)44-35(48)26-7-5-8-28(21-26)36(49)46-18-14-41-15-19-46;1-2-3/h4-13,20-23,41H,1-3,14-19,24H2,(H,43,47)(H,44,48);2H,1H3.